The summed E-state index contributed by atoms with van der Waals surface area (Å²) in [5.41, 5.74) is 1.46. The Morgan fingerprint density at radius 3 is 2.57 bits per heavy atom. The summed E-state index contributed by atoms with van der Waals surface area (Å²) < 4.78 is 0. The van der Waals surface area contributed by atoms with Crippen LogP contribution in [0.15, 0.2) is 36.1 Å². The summed E-state index contributed by atoms with van der Waals surface area (Å²) in [6, 6.07) is 0. The lowest BCUT2D eigenvalue weighted by molar-refractivity contribution is 0.184. The summed E-state index contributed by atoms with van der Waals surface area (Å²) in [6.07, 6.45) is 11.9. The number of rotatable bonds is 1. The van der Waals surface area contributed by atoms with Gasteiger partial charge in [-0.3, -0.25) is 0 Å². The molecule has 76 valence electrons. The Labute approximate surface area is 86.2 Å². The first-order chi connectivity index (χ1) is 6.86. The van der Waals surface area contributed by atoms with Crippen molar-refractivity contribution in [3.8, 4) is 0 Å². The average Bonchev–Trinajstić information content (AvgIpc) is 2.47. The largest absolute Gasteiger partial charge is 0.372 e. The van der Waals surface area contributed by atoms with Gasteiger partial charge < -0.3 is 9.80 Å². The van der Waals surface area contributed by atoms with Crippen LogP contribution in [0.3, 0.4) is 0 Å². The first kappa shape index (κ1) is 9.53. The van der Waals surface area contributed by atoms with Crippen LogP contribution in [0.4, 0.5) is 0 Å². The van der Waals surface area contributed by atoms with Crippen molar-refractivity contribution in [2.45, 2.75) is 6.42 Å². The number of hydrogen-bond acceptors (Lipinski definition) is 2. The third-order valence-electron chi connectivity index (χ3n) is 2.88. The van der Waals surface area contributed by atoms with E-state index in [1.165, 1.54) is 31.9 Å². The van der Waals surface area contributed by atoms with E-state index in [1.54, 1.807) is 0 Å². The Morgan fingerprint density at radius 2 is 1.79 bits per heavy atom. The predicted octanol–water partition coefficient (Wildman–Crippen LogP) is 1.63. The SMILES string of the molecule is CN1CCN(C2=CC=CC=CC2)CC1. The molecule has 0 aromatic rings. The molecule has 1 fully saturated rings. The molecule has 2 nitrogen and oxygen atoms in total. The first-order valence-corrected chi connectivity index (χ1v) is 5.32. The van der Waals surface area contributed by atoms with Gasteiger partial charge in [0.2, 0.25) is 0 Å². The molecule has 2 aliphatic rings. The molecule has 0 unspecified atom stereocenters. The van der Waals surface area contributed by atoms with Crippen molar-refractivity contribution >= 4 is 0 Å². The normalized spacial score (nSPS) is 23.5. The molecule has 2 heteroatoms. The fraction of sp³-hybridized carbons (Fsp3) is 0.500. The number of nitrogens with zero attached hydrogens (tertiary/aromatic N) is 2. The van der Waals surface area contributed by atoms with Gasteiger partial charge in [0, 0.05) is 38.3 Å². The monoisotopic (exact) mass is 190 g/mol. The minimum atomic E-state index is 1.08. The van der Waals surface area contributed by atoms with Crippen LogP contribution >= 0.6 is 0 Å². The minimum absolute atomic E-state index is 1.08. The highest BCUT2D eigenvalue weighted by molar-refractivity contribution is 5.22. The Hall–Kier alpha value is -1.02. The van der Waals surface area contributed by atoms with E-state index in [9.17, 15) is 0 Å². The van der Waals surface area contributed by atoms with E-state index >= 15 is 0 Å². The molecule has 2 rings (SSSR count). The van der Waals surface area contributed by atoms with Gasteiger partial charge in [-0.1, -0.05) is 24.3 Å². The highest BCUT2D eigenvalue weighted by atomic mass is 15.2. The Morgan fingerprint density at radius 1 is 1.00 bits per heavy atom. The van der Waals surface area contributed by atoms with Crippen LogP contribution in [0.2, 0.25) is 0 Å². The van der Waals surface area contributed by atoms with E-state index in [1.807, 2.05) is 0 Å². The third-order valence-corrected chi connectivity index (χ3v) is 2.88. The van der Waals surface area contributed by atoms with E-state index in [0.29, 0.717) is 0 Å². The molecule has 0 aromatic heterocycles. The van der Waals surface area contributed by atoms with E-state index in [2.05, 4.69) is 47.2 Å². The lowest BCUT2D eigenvalue weighted by Gasteiger charge is -2.35. The van der Waals surface area contributed by atoms with Gasteiger partial charge in [-0.05, 0) is 13.1 Å². The summed E-state index contributed by atoms with van der Waals surface area (Å²) in [4.78, 5) is 4.89. The van der Waals surface area contributed by atoms with Gasteiger partial charge in [-0.15, -0.1) is 0 Å². The zero-order valence-electron chi connectivity index (χ0n) is 8.82. The smallest absolute Gasteiger partial charge is 0.0303 e. The summed E-state index contributed by atoms with van der Waals surface area (Å²) in [5, 5.41) is 0. The van der Waals surface area contributed by atoms with Crippen LogP contribution in [-0.2, 0) is 0 Å². The molecule has 14 heavy (non-hydrogen) atoms. The lowest BCUT2D eigenvalue weighted by Crippen LogP contribution is -2.43. The molecule has 0 spiro atoms. The van der Waals surface area contributed by atoms with Crippen LogP contribution < -0.4 is 0 Å². The molecule has 0 radical (unpaired) electrons. The summed E-state index contributed by atoms with van der Waals surface area (Å²) in [6.45, 7) is 4.71. The Balaban J connectivity index is 1.98. The quantitative estimate of drug-likeness (QED) is 0.620. The topological polar surface area (TPSA) is 6.48 Å². The van der Waals surface area contributed by atoms with E-state index in [4.69, 9.17) is 0 Å². The molecule has 1 aliphatic heterocycles. The maximum Gasteiger partial charge on any atom is 0.0303 e. The van der Waals surface area contributed by atoms with Gasteiger partial charge in [0.25, 0.3) is 0 Å². The fourth-order valence-corrected chi connectivity index (χ4v) is 1.89. The predicted molar refractivity (Wildman–Crippen MR) is 60.1 cm³/mol. The zero-order chi connectivity index (χ0) is 9.80. The van der Waals surface area contributed by atoms with Gasteiger partial charge in [0.1, 0.15) is 0 Å². The standard InChI is InChI=1S/C12H18N2/c1-13-8-10-14(11-9-13)12-6-4-2-3-5-7-12/h2-6H,7-11H2,1H3. The Kier molecular flexibility index (Phi) is 3.04. The Bertz CT molecular complexity index is 268. The number of allylic oxidation sites excluding steroid dienone is 5. The molecule has 0 saturated carbocycles. The second-order valence-electron chi connectivity index (χ2n) is 3.97. The van der Waals surface area contributed by atoms with Crippen LogP contribution in [-0.4, -0.2) is 43.0 Å². The van der Waals surface area contributed by atoms with Crippen molar-refractivity contribution < 1.29 is 0 Å². The molecule has 0 N–H and O–H groups in total. The van der Waals surface area contributed by atoms with Crippen molar-refractivity contribution in [3.63, 3.8) is 0 Å². The van der Waals surface area contributed by atoms with Crippen LogP contribution in [0, 0.1) is 0 Å². The van der Waals surface area contributed by atoms with Crippen molar-refractivity contribution in [3.05, 3.63) is 36.1 Å². The second-order valence-corrected chi connectivity index (χ2v) is 3.97. The summed E-state index contributed by atoms with van der Waals surface area (Å²) in [7, 11) is 2.19. The summed E-state index contributed by atoms with van der Waals surface area (Å²) >= 11 is 0. The average molecular weight is 190 g/mol. The van der Waals surface area contributed by atoms with Gasteiger partial charge in [0.15, 0.2) is 0 Å². The van der Waals surface area contributed by atoms with Gasteiger partial charge in [-0.2, -0.15) is 0 Å². The third kappa shape index (κ3) is 2.26. The van der Waals surface area contributed by atoms with Crippen molar-refractivity contribution in [1.29, 1.82) is 0 Å². The molecule has 0 atom stereocenters. The van der Waals surface area contributed by atoms with E-state index in [0.717, 1.165) is 6.42 Å². The maximum absolute atomic E-state index is 2.50. The van der Waals surface area contributed by atoms with E-state index in [-0.39, 0.29) is 0 Å². The number of piperazine rings is 1. The van der Waals surface area contributed by atoms with Gasteiger partial charge in [0.05, 0.1) is 0 Å². The molecule has 1 saturated heterocycles. The zero-order valence-corrected chi connectivity index (χ0v) is 8.82. The van der Waals surface area contributed by atoms with Crippen LogP contribution in [0.5, 0.6) is 0 Å². The van der Waals surface area contributed by atoms with Crippen molar-refractivity contribution in [2.75, 3.05) is 33.2 Å². The summed E-state index contributed by atoms with van der Waals surface area (Å²) in [5.74, 6) is 0. The molecule has 1 heterocycles. The molecule has 0 bridgehead atoms. The van der Waals surface area contributed by atoms with Crippen LogP contribution in [0.1, 0.15) is 6.42 Å². The fourth-order valence-electron chi connectivity index (χ4n) is 1.89. The van der Waals surface area contributed by atoms with E-state index < -0.39 is 0 Å². The highest BCUT2D eigenvalue weighted by Crippen LogP contribution is 2.14. The minimum Gasteiger partial charge on any atom is -0.372 e. The maximum atomic E-state index is 2.50. The second kappa shape index (κ2) is 4.47. The first-order valence-electron chi connectivity index (χ1n) is 5.32. The van der Waals surface area contributed by atoms with Gasteiger partial charge >= 0.3 is 0 Å². The highest BCUT2D eigenvalue weighted by Gasteiger charge is 2.14. The molecule has 0 amide bonds. The molecular weight excluding hydrogens is 172 g/mol. The molecule has 1 aliphatic carbocycles. The number of likely N-dealkylation sites (N-methyl/N-ethyl adjacent to an activating group) is 1. The lowest BCUT2D eigenvalue weighted by atomic mass is 10.2. The molecule has 0 aromatic carbocycles. The van der Waals surface area contributed by atoms with Crippen molar-refractivity contribution in [1.82, 2.24) is 9.80 Å². The molecular formula is C12H18N2. The van der Waals surface area contributed by atoms with Crippen molar-refractivity contribution in [2.24, 2.45) is 0 Å². The van der Waals surface area contributed by atoms with Crippen LogP contribution in [0.25, 0.3) is 0 Å². The number of hydrogen-bond donors (Lipinski definition) is 0. The van der Waals surface area contributed by atoms with Gasteiger partial charge in [-0.25, -0.2) is 0 Å².